The van der Waals surface area contributed by atoms with E-state index in [0.717, 1.165) is 38.3 Å². The first kappa shape index (κ1) is 17.5. The van der Waals surface area contributed by atoms with E-state index < -0.39 is 0 Å². The van der Waals surface area contributed by atoms with Crippen LogP contribution in [-0.4, -0.2) is 48.2 Å². The summed E-state index contributed by atoms with van der Waals surface area (Å²) in [6.07, 6.45) is 11.4. The Morgan fingerprint density at radius 2 is 2.04 bits per heavy atom. The second kappa shape index (κ2) is 7.73. The number of pyridine rings is 1. The minimum absolute atomic E-state index is 0.0131. The first-order chi connectivity index (χ1) is 13.2. The zero-order chi connectivity index (χ0) is 18.6. The summed E-state index contributed by atoms with van der Waals surface area (Å²) in [6.45, 7) is 5.01. The normalized spacial score (nSPS) is 17.2. The highest BCUT2D eigenvalue weighted by Gasteiger charge is 2.28. The Morgan fingerprint density at radius 1 is 1.19 bits per heavy atom. The molecule has 0 spiro atoms. The van der Waals surface area contributed by atoms with Crippen LogP contribution >= 0.6 is 0 Å². The second-order valence-electron chi connectivity index (χ2n) is 6.92. The molecule has 0 saturated carbocycles. The summed E-state index contributed by atoms with van der Waals surface area (Å²) in [6, 6.07) is 5.84. The van der Waals surface area contributed by atoms with Crippen molar-refractivity contribution < 1.29 is 4.79 Å². The van der Waals surface area contributed by atoms with Gasteiger partial charge in [0, 0.05) is 63.1 Å². The number of aryl methyl sites for hydroxylation is 1. The highest BCUT2D eigenvalue weighted by atomic mass is 16.2. The summed E-state index contributed by atoms with van der Waals surface area (Å²) in [4.78, 5) is 23.4. The number of carbonyl (C=O) groups is 1. The van der Waals surface area contributed by atoms with Gasteiger partial charge in [-0.25, -0.2) is 4.98 Å². The maximum Gasteiger partial charge on any atom is 0.274 e. The predicted octanol–water partition coefficient (Wildman–Crippen LogP) is 2.56. The zero-order valence-corrected chi connectivity index (χ0v) is 15.5. The Kier molecular flexibility index (Phi) is 5.00. The van der Waals surface area contributed by atoms with Crippen molar-refractivity contribution in [3.05, 3.63) is 66.3 Å². The molecule has 0 aliphatic carbocycles. The van der Waals surface area contributed by atoms with E-state index >= 15 is 0 Å². The summed E-state index contributed by atoms with van der Waals surface area (Å²) in [5.41, 5.74) is 1.72. The fourth-order valence-electron chi connectivity index (χ4n) is 3.69. The van der Waals surface area contributed by atoms with Crippen LogP contribution in [0.3, 0.4) is 0 Å². The maximum absolute atomic E-state index is 12.8. The smallest absolute Gasteiger partial charge is 0.274 e. The van der Waals surface area contributed by atoms with E-state index in [9.17, 15) is 4.79 Å². The maximum atomic E-state index is 12.8. The van der Waals surface area contributed by atoms with Crippen molar-refractivity contribution >= 4 is 5.91 Å². The first-order valence-corrected chi connectivity index (χ1v) is 9.47. The SMILES string of the molecule is CCn1ccc(C(=O)N2CCC[C@@H](c3nccn3Cc3ccncc3)C2)n1. The van der Waals surface area contributed by atoms with Crippen LogP contribution in [-0.2, 0) is 13.1 Å². The quantitative estimate of drug-likeness (QED) is 0.698. The van der Waals surface area contributed by atoms with Crippen molar-refractivity contribution in [2.45, 2.75) is 38.8 Å². The lowest BCUT2D eigenvalue weighted by Gasteiger charge is -2.32. The van der Waals surface area contributed by atoms with Crippen LogP contribution in [0, 0.1) is 0 Å². The van der Waals surface area contributed by atoms with Crippen LogP contribution in [0.5, 0.6) is 0 Å². The van der Waals surface area contributed by atoms with Gasteiger partial charge in [-0.1, -0.05) is 0 Å². The molecule has 3 aromatic rings. The van der Waals surface area contributed by atoms with Crippen molar-refractivity contribution in [3.8, 4) is 0 Å². The molecule has 4 heterocycles. The van der Waals surface area contributed by atoms with Gasteiger partial charge in [0.2, 0.25) is 0 Å². The van der Waals surface area contributed by atoms with Crippen molar-refractivity contribution in [3.63, 3.8) is 0 Å². The summed E-state index contributed by atoms with van der Waals surface area (Å²) < 4.78 is 3.97. The van der Waals surface area contributed by atoms with E-state index in [0.29, 0.717) is 12.2 Å². The van der Waals surface area contributed by atoms with E-state index in [1.165, 1.54) is 5.56 Å². The Labute approximate surface area is 158 Å². The van der Waals surface area contributed by atoms with Gasteiger partial charge in [0.15, 0.2) is 0 Å². The lowest BCUT2D eigenvalue weighted by atomic mass is 9.96. The molecule has 27 heavy (non-hydrogen) atoms. The van der Waals surface area contributed by atoms with Gasteiger partial charge in [0.25, 0.3) is 5.91 Å². The molecular weight excluding hydrogens is 340 g/mol. The topological polar surface area (TPSA) is 68.8 Å². The number of likely N-dealkylation sites (tertiary alicyclic amines) is 1. The average Bonchev–Trinajstić information content (AvgIpc) is 3.38. The van der Waals surface area contributed by atoms with Crippen LogP contribution in [0.25, 0.3) is 0 Å². The van der Waals surface area contributed by atoms with Crippen LogP contribution in [0.2, 0.25) is 0 Å². The number of nitrogens with zero attached hydrogens (tertiary/aromatic N) is 6. The van der Waals surface area contributed by atoms with Crippen LogP contribution < -0.4 is 0 Å². The van der Waals surface area contributed by atoms with Gasteiger partial charge in [-0.3, -0.25) is 14.5 Å². The lowest BCUT2D eigenvalue weighted by Crippen LogP contribution is -2.40. The van der Waals surface area contributed by atoms with Gasteiger partial charge < -0.3 is 9.47 Å². The number of hydrogen-bond acceptors (Lipinski definition) is 4. The lowest BCUT2D eigenvalue weighted by molar-refractivity contribution is 0.0696. The number of piperidine rings is 1. The molecule has 140 valence electrons. The first-order valence-electron chi connectivity index (χ1n) is 9.47. The fourth-order valence-corrected chi connectivity index (χ4v) is 3.69. The largest absolute Gasteiger partial charge is 0.337 e. The molecule has 0 N–H and O–H groups in total. The van der Waals surface area contributed by atoms with Crippen LogP contribution in [0.1, 0.15) is 47.6 Å². The number of carbonyl (C=O) groups excluding carboxylic acids is 1. The van der Waals surface area contributed by atoms with Crippen molar-refractivity contribution in [1.82, 2.24) is 29.2 Å². The van der Waals surface area contributed by atoms with E-state index in [1.54, 1.807) is 10.7 Å². The molecule has 7 heteroatoms. The van der Waals surface area contributed by atoms with Gasteiger partial charge in [-0.05, 0) is 43.5 Å². The number of rotatable bonds is 5. The summed E-state index contributed by atoms with van der Waals surface area (Å²) in [5, 5.41) is 4.36. The second-order valence-corrected chi connectivity index (χ2v) is 6.92. The molecule has 0 unspecified atom stereocenters. The summed E-state index contributed by atoms with van der Waals surface area (Å²) in [5.74, 6) is 1.30. The molecule has 1 aliphatic heterocycles. The third-order valence-electron chi connectivity index (χ3n) is 5.11. The minimum Gasteiger partial charge on any atom is -0.337 e. The summed E-state index contributed by atoms with van der Waals surface area (Å²) in [7, 11) is 0. The van der Waals surface area contributed by atoms with E-state index in [-0.39, 0.29) is 11.8 Å². The number of amides is 1. The highest BCUT2D eigenvalue weighted by Crippen LogP contribution is 2.27. The van der Waals surface area contributed by atoms with Crippen molar-refractivity contribution in [1.29, 1.82) is 0 Å². The molecule has 1 fully saturated rings. The van der Waals surface area contributed by atoms with Crippen LogP contribution in [0.4, 0.5) is 0 Å². The third-order valence-corrected chi connectivity index (χ3v) is 5.11. The Bertz CT molecular complexity index is 900. The Balaban J connectivity index is 1.49. The molecule has 0 radical (unpaired) electrons. The predicted molar refractivity (Wildman–Crippen MR) is 101 cm³/mol. The standard InChI is InChI=1S/C20H24N6O/c1-2-26-12-7-18(23-26)20(27)25-11-3-4-17(15-25)19-22-10-13-24(19)14-16-5-8-21-9-6-16/h5-10,12-13,17H,2-4,11,14-15H2,1H3/t17-/m1/s1. The number of hydrogen-bond donors (Lipinski definition) is 0. The average molecular weight is 364 g/mol. The zero-order valence-electron chi connectivity index (χ0n) is 15.5. The Morgan fingerprint density at radius 3 is 2.81 bits per heavy atom. The molecule has 1 atom stereocenters. The minimum atomic E-state index is 0.0131. The number of aromatic nitrogens is 5. The monoisotopic (exact) mass is 364 g/mol. The molecule has 0 bridgehead atoms. The third kappa shape index (κ3) is 3.77. The van der Waals surface area contributed by atoms with Gasteiger partial charge >= 0.3 is 0 Å². The number of imidazole rings is 1. The molecule has 1 saturated heterocycles. The molecular formula is C20H24N6O. The van der Waals surface area contributed by atoms with Gasteiger partial charge in [0.1, 0.15) is 11.5 Å². The Hall–Kier alpha value is -2.96. The summed E-state index contributed by atoms with van der Waals surface area (Å²) >= 11 is 0. The van der Waals surface area contributed by atoms with Gasteiger partial charge in [0.05, 0.1) is 0 Å². The van der Waals surface area contributed by atoms with Crippen molar-refractivity contribution in [2.24, 2.45) is 0 Å². The van der Waals surface area contributed by atoms with Gasteiger partial charge in [-0.15, -0.1) is 0 Å². The molecule has 3 aromatic heterocycles. The highest BCUT2D eigenvalue weighted by molar-refractivity contribution is 5.92. The molecule has 1 aliphatic rings. The fraction of sp³-hybridized carbons (Fsp3) is 0.400. The van der Waals surface area contributed by atoms with Crippen LogP contribution in [0.15, 0.2) is 49.2 Å². The molecule has 0 aromatic carbocycles. The van der Waals surface area contributed by atoms with E-state index in [2.05, 4.69) is 19.6 Å². The molecule has 4 rings (SSSR count). The molecule has 1 amide bonds. The van der Waals surface area contributed by atoms with E-state index in [4.69, 9.17) is 0 Å². The molecule has 7 nitrogen and oxygen atoms in total. The van der Waals surface area contributed by atoms with E-state index in [1.807, 2.05) is 54.9 Å². The van der Waals surface area contributed by atoms with Crippen molar-refractivity contribution in [2.75, 3.05) is 13.1 Å². The van der Waals surface area contributed by atoms with Gasteiger partial charge in [-0.2, -0.15) is 5.10 Å².